The van der Waals surface area contributed by atoms with Gasteiger partial charge in [0.05, 0.1) is 11.2 Å². The number of hydrogen-bond acceptors (Lipinski definition) is 3. The van der Waals surface area contributed by atoms with E-state index in [1.165, 1.54) is 18.5 Å². The number of fused-ring (bicyclic) bond motifs is 1. The number of aromatic nitrogens is 1. The Labute approximate surface area is 101 Å². The van der Waals surface area contributed by atoms with E-state index in [9.17, 15) is 0 Å². The zero-order valence-electron chi connectivity index (χ0n) is 10.1. The van der Waals surface area contributed by atoms with Gasteiger partial charge in [-0.2, -0.15) is 0 Å². The summed E-state index contributed by atoms with van der Waals surface area (Å²) in [6.45, 7) is 3.40. The van der Waals surface area contributed by atoms with Gasteiger partial charge in [-0.15, -0.1) is 0 Å². The summed E-state index contributed by atoms with van der Waals surface area (Å²) in [6.07, 6.45) is 4.37. The van der Waals surface area contributed by atoms with Crippen LogP contribution in [-0.2, 0) is 0 Å². The van der Waals surface area contributed by atoms with Crippen molar-refractivity contribution in [1.29, 1.82) is 0 Å². The molecule has 1 fully saturated rings. The smallest absolute Gasteiger partial charge is 0.0956 e. The molecule has 0 bridgehead atoms. The van der Waals surface area contributed by atoms with E-state index in [1.807, 2.05) is 24.4 Å². The first kappa shape index (κ1) is 10.4. The number of rotatable bonds is 1. The fraction of sp³-hybridized carbons (Fsp3) is 0.357. The minimum Gasteiger partial charge on any atom is -0.398 e. The van der Waals surface area contributed by atoms with E-state index in [2.05, 4.69) is 22.9 Å². The minimum atomic E-state index is 0.601. The number of nitrogens with zero attached hydrogens (tertiary/aromatic N) is 2. The maximum atomic E-state index is 6.00. The molecule has 1 unspecified atom stereocenters. The topological polar surface area (TPSA) is 42.1 Å². The summed E-state index contributed by atoms with van der Waals surface area (Å²) in [5.41, 5.74) is 9.06. The third kappa shape index (κ3) is 1.62. The van der Waals surface area contributed by atoms with Crippen molar-refractivity contribution in [2.45, 2.75) is 25.8 Å². The molecule has 17 heavy (non-hydrogen) atoms. The van der Waals surface area contributed by atoms with Crippen molar-refractivity contribution >= 4 is 22.3 Å². The molecule has 1 aromatic heterocycles. The highest BCUT2D eigenvalue weighted by atomic mass is 15.2. The molecule has 0 radical (unpaired) electrons. The lowest BCUT2D eigenvalue weighted by atomic mass is 10.1. The van der Waals surface area contributed by atoms with Crippen molar-refractivity contribution in [3.05, 3.63) is 30.5 Å². The Morgan fingerprint density at radius 3 is 3.00 bits per heavy atom. The molecule has 0 saturated carbocycles. The lowest BCUT2D eigenvalue weighted by molar-refractivity contribution is 0.736. The summed E-state index contributed by atoms with van der Waals surface area (Å²) in [5.74, 6) is 0. The van der Waals surface area contributed by atoms with Crippen molar-refractivity contribution < 1.29 is 0 Å². The molecule has 1 aliphatic rings. The van der Waals surface area contributed by atoms with Crippen LogP contribution in [0.4, 0.5) is 11.4 Å². The van der Waals surface area contributed by atoms with Gasteiger partial charge in [0, 0.05) is 29.9 Å². The molecule has 2 aromatic rings. The molecule has 0 spiro atoms. The molecule has 2 heterocycles. The Balaban J connectivity index is 2.20. The van der Waals surface area contributed by atoms with Crippen LogP contribution in [0.1, 0.15) is 19.8 Å². The van der Waals surface area contributed by atoms with Crippen LogP contribution in [-0.4, -0.2) is 17.6 Å². The van der Waals surface area contributed by atoms with E-state index in [-0.39, 0.29) is 0 Å². The minimum absolute atomic E-state index is 0.601. The van der Waals surface area contributed by atoms with Crippen molar-refractivity contribution in [1.82, 2.24) is 4.98 Å². The molecular weight excluding hydrogens is 210 g/mol. The van der Waals surface area contributed by atoms with Crippen LogP contribution in [0.15, 0.2) is 30.5 Å². The van der Waals surface area contributed by atoms with Gasteiger partial charge in [0.2, 0.25) is 0 Å². The monoisotopic (exact) mass is 227 g/mol. The summed E-state index contributed by atoms with van der Waals surface area (Å²) in [7, 11) is 0. The van der Waals surface area contributed by atoms with Crippen molar-refractivity contribution in [3.63, 3.8) is 0 Å². The molecule has 1 aliphatic heterocycles. The third-order valence-corrected chi connectivity index (χ3v) is 3.64. The Hall–Kier alpha value is -1.77. The Bertz CT molecular complexity index is 550. The lowest BCUT2D eigenvalue weighted by Gasteiger charge is -2.25. The number of nitrogens with two attached hydrogens (primary N) is 1. The van der Waals surface area contributed by atoms with Gasteiger partial charge in [0.25, 0.3) is 0 Å². The standard InChI is InChI=1S/C14H17N3/c1-10-4-3-9-17(10)13-7-6-12(15)11-5-2-8-16-14(11)13/h2,5-8,10H,3-4,9,15H2,1H3. The highest BCUT2D eigenvalue weighted by Gasteiger charge is 2.22. The van der Waals surface area contributed by atoms with Gasteiger partial charge in [0.1, 0.15) is 0 Å². The Morgan fingerprint density at radius 1 is 1.35 bits per heavy atom. The Morgan fingerprint density at radius 2 is 2.24 bits per heavy atom. The highest BCUT2D eigenvalue weighted by molar-refractivity contribution is 5.98. The molecule has 0 aliphatic carbocycles. The summed E-state index contributed by atoms with van der Waals surface area (Å²) >= 11 is 0. The molecule has 3 rings (SSSR count). The first-order chi connectivity index (χ1) is 8.27. The van der Waals surface area contributed by atoms with Crippen molar-refractivity contribution in [2.75, 3.05) is 17.2 Å². The first-order valence-electron chi connectivity index (χ1n) is 6.17. The molecule has 3 heteroatoms. The number of anilines is 2. The van der Waals surface area contributed by atoms with Gasteiger partial charge in [0.15, 0.2) is 0 Å². The van der Waals surface area contributed by atoms with Crippen LogP contribution in [0.25, 0.3) is 10.9 Å². The van der Waals surface area contributed by atoms with E-state index in [1.54, 1.807) is 0 Å². The number of benzene rings is 1. The van der Waals surface area contributed by atoms with Gasteiger partial charge < -0.3 is 10.6 Å². The van der Waals surface area contributed by atoms with Gasteiger partial charge in [-0.1, -0.05) is 0 Å². The third-order valence-electron chi connectivity index (χ3n) is 3.64. The molecule has 0 amide bonds. The maximum Gasteiger partial charge on any atom is 0.0956 e. The van der Waals surface area contributed by atoms with Gasteiger partial charge in [-0.3, -0.25) is 4.98 Å². The van der Waals surface area contributed by atoms with Gasteiger partial charge in [-0.25, -0.2) is 0 Å². The average molecular weight is 227 g/mol. The number of pyridine rings is 1. The summed E-state index contributed by atoms with van der Waals surface area (Å²) in [5, 5.41) is 1.06. The summed E-state index contributed by atoms with van der Waals surface area (Å²) in [6, 6.07) is 8.68. The van der Waals surface area contributed by atoms with Gasteiger partial charge >= 0.3 is 0 Å². The Kier molecular flexibility index (Phi) is 2.39. The van der Waals surface area contributed by atoms with Crippen LogP contribution >= 0.6 is 0 Å². The van der Waals surface area contributed by atoms with Crippen LogP contribution in [0, 0.1) is 0 Å². The molecule has 88 valence electrons. The summed E-state index contributed by atoms with van der Waals surface area (Å²) < 4.78 is 0. The average Bonchev–Trinajstić information content (AvgIpc) is 2.77. The van der Waals surface area contributed by atoms with E-state index in [0.717, 1.165) is 23.1 Å². The predicted molar refractivity (Wildman–Crippen MR) is 72.2 cm³/mol. The molecule has 1 atom stereocenters. The van der Waals surface area contributed by atoms with E-state index >= 15 is 0 Å². The largest absolute Gasteiger partial charge is 0.398 e. The van der Waals surface area contributed by atoms with Gasteiger partial charge in [-0.05, 0) is 44.0 Å². The fourth-order valence-electron chi connectivity index (χ4n) is 2.70. The van der Waals surface area contributed by atoms with E-state index < -0.39 is 0 Å². The van der Waals surface area contributed by atoms with Crippen molar-refractivity contribution in [3.8, 4) is 0 Å². The lowest BCUT2D eigenvalue weighted by Crippen LogP contribution is -2.26. The van der Waals surface area contributed by atoms with E-state index in [4.69, 9.17) is 5.73 Å². The quantitative estimate of drug-likeness (QED) is 0.762. The second-order valence-electron chi connectivity index (χ2n) is 4.76. The second-order valence-corrected chi connectivity index (χ2v) is 4.76. The predicted octanol–water partition coefficient (Wildman–Crippen LogP) is 2.81. The normalized spacial score (nSPS) is 20.1. The van der Waals surface area contributed by atoms with Crippen LogP contribution in [0.3, 0.4) is 0 Å². The maximum absolute atomic E-state index is 6.00. The highest BCUT2D eigenvalue weighted by Crippen LogP contribution is 2.33. The number of nitrogen functional groups attached to an aromatic ring is 1. The molecule has 1 saturated heterocycles. The zero-order valence-corrected chi connectivity index (χ0v) is 10.1. The zero-order chi connectivity index (χ0) is 11.8. The number of hydrogen-bond donors (Lipinski definition) is 1. The summed E-state index contributed by atoms with van der Waals surface area (Å²) in [4.78, 5) is 6.94. The van der Waals surface area contributed by atoms with Crippen molar-refractivity contribution in [2.24, 2.45) is 0 Å². The molecular formula is C14H17N3. The molecule has 2 N–H and O–H groups in total. The molecule has 1 aromatic carbocycles. The van der Waals surface area contributed by atoms with Crippen LogP contribution < -0.4 is 10.6 Å². The first-order valence-corrected chi connectivity index (χ1v) is 6.17. The SMILES string of the molecule is CC1CCCN1c1ccc(N)c2cccnc12. The molecule has 3 nitrogen and oxygen atoms in total. The fourth-order valence-corrected chi connectivity index (χ4v) is 2.70. The second kappa shape index (κ2) is 3.91. The van der Waals surface area contributed by atoms with Crippen LogP contribution in [0.2, 0.25) is 0 Å². The van der Waals surface area contributed by atoms with E-state index in [0.29, 0.717) is 6.04 Å². The van der Waals surface area contributed by atoms with Crippen LogP contribution in [0.5, 0.6) is 0 Å².